The van der Waals surface area contributed by atoms with Gasteiger partial charge in [-0.15, -0.1) is 0 Å². The lowest BCUT2D eigenvalue weighted by Gasteiger charge is -2.36. The van der Waals surface area contributed by atoms with Crippen molar-refractivity contribution in [3.8, 4) is 11.1 Å². The zero-order valence-corrected chi connectivity index (χ0v) is 67.1. The smallest absolute Gasteiger partial charge is 0.399 e. The van der Waals surface area contributed by atoms with Crippen LogP contribution in [0.2, 0.25) is 0 Å². The fraction of sp³-hybridized carbons (Fsp3) is 0.567. The highest BCUT2D eigenvalue weighted by Crippen LogP contribution is 2.57. The van der Waals surface area contributed by atoms with Crippen molar-refractivity contribution in [3.05, 3.63) is 180 Å². The van der Waals surface area contributed by atoms with Gasteiger partial charge >= 0.3 is 14.2 Å². The molecule has 9 heteroatoms. The number of unbranched alkanes of at least 4 members (excludes halogenated alkanes) is 18. The number of rotatable bonds is 36. The molecule has 0 aromatic heterocycles. The molecule has 0 radical (unpaired) electrons. The van der Waals surface area contributed by atoms with Crippen molar-refractivity contribution in [2.75, 3.05) is 0 Å². The maximum Gasteiger partial charge on any atom is 0.494 e. The number of hydrogen-bond acceptors (Lipinski definition) is 4. The summed E-state index contributed by atoms with van der Waals surface area (Å²) in [6.45, 7) is 39.3. The summed E-state index contributed by atoms with van der Waals surface area (Å²) >= 11 is 7.32. The van der Waals surface area contributed by atoms with E-state index >= 15 is 0 Å². The van der Waals surface area contributed by atoms with Gasteiger partial charge in [0.25, 0.3) is 0 Å². The monoisotopic (exact) mass is 1460 g/mol. The summed E-state index contributed by atoms with van der Waals surface area (Å²) in [5.41, 5.74) is 15.6. The van der Waals surface area contributed by atoms with Crippen LogP contribution in [0.1, 0.15) is 314 Å². The van der Waals surface area contributed by atoms with Gasteiger partial charge in [-0.05, 0) is 231 Å². The lowest BCUT2D eigenvalue weighted by molar-refractivity contribution is 0.00578. The molecule has 99 heavy (non-hydrogen) atoms. The van der Waals surface area contributed by atoms with Crippen molar-refractivity contribution < 1.29 is 18.6 Å². The maximum atomic E-state index is 8.09. The fourth-order valence-electron chi connectivity index (χ4n) is 15.9. The van der Waals surface area contributed by atoms with Crippen molar-refractivity contribution in [1.82, 2.24) is 0 Å². The molecule has 2 heterocycles. The van der Waals surface area contributed by atoms with Crippen LogP contribution in [0.25, 0.3) is 37.5 Å². The van der Waals surface area contributed by atoms with Crippen molar-refractivity contribution in [2.45, 2.75) is 324 Å². The van der Waals surface area contributed by atoms with E-state index in [9.17, 15) is 0 Å². The lowest BCUT2D eigenvalue weighted by atomic mass is 9.64. The molecule has 7 aromatic rings. The Labute approximate surface area is 619 Å². The summed E-state index contributed by atoms with van der Waals surface area (Å²) < 4.78 is 29.6. The average molecular weight is 1460 g/mol. The average Bonchev–Trinajstić information content (AvgIpc) is 1.55. The fourth-order valence-corrected chi connectivity index (χ4v) is 16.6. The first-order chi connectivity index (χ1) is 47.6. The van der Waals surface area contributed by atoms with Gasteiger partial charge in [-0.3, -0.25) is 0 Å². The van der Waals surface area contributed by atoms with Gasteiger partial charge < -0.3 is 18.6 Å². The third kappa shape index (κ3) is 18.9. The molecule has 0 bridgehead atoms. The predicted molar refractivity (Wildman–Crippen MR) is 434 cm³/mol. The van der Waals surface area contributed by atoms with E-state index in [1.165, 1.54) is 244 Å². The van der Waals surface area contributed by atoms with Gasteiger partial charge in [-0.1, -0.05) is 306 Å². The Hall–Kier alpha value is -4.52. The normalized spacial score (nSPS) is 16.2. The van der Waals surface area contributed by atoms with E-state index in [1.54, 1.807) is 0 Å². The highest BCUT2D eigenvalue weighted by atomic mass is 79.9. The SMILES string of the molecule is CCCCCCc1cc(CCCCCC)cc(C2(c3cc(CCCCCC)cc(CCCCCC)c3)c3cc(B4OC(C)(C)C(C)(C)O4)ccc3-c3ccc(B4OC(C)(C)C(C)(C)O4)cc32)c1.[C-]#[N+]c1c(CC(CCCCCC)CCCCCC)c2cc(Br)ccc2c2ccc(Br)cc12. The molecule has 5 nitrogen and oxygen atoms in total. The molecule has 0 amide bonds. The van der Waals surface area contributed by atoms with Gasteiger partial charge in [0.15, 0.2) is 5.69 Å². The molecule has 0 saturated carbocycles. The Morgan fingerprint density at radius 2 is 0.707 bits per heavy atom. The molecule has 0 spiro atoms. The summed E-state index contributed by atoms with van der Waals surface area (Å²) in [6.07, 6.45) is 38.4. The Morgan fingerprint density at radius 1 is 0.374 bits per heavy atom. The van der Waals surface area contributed by atoms with E-state index < -0.39 is 42.1 Å². The number of hydrogen-bond donors (Lipinski definition) is 0. The minimum absolute atomic E-state index is 0.452. The molecule has 2 saturated heterocycles. The molecule has 0 N–H and O–H groups in total. The van der Waals surface area contributed by atoms with Crippen LogP contribution in [0.5, 0.6) is 0 Å². The summed E-state index contributed by atoms with van der Waals surface area (Å²) in [4.78, 5) is 4.11. The number of halogens is 2. The molecule has 10 rings (SSSR count). The minimum Gasteiger partial charge on any atom is -0.399 e. The van der Waals surface area contributed by atoms with Gasteiger partial charge in [0.05, 0.1) is 34.4 Å². The van der Waals surface area contributed by atoms with Gasteiger partial charge in [0, 0.05) is 8.95 Å². The number of nitrogens with zero attached hydrogens (tertiary/aromatic N) is 1. The Balaban J connectivity index is 0.000000298. The van der Waals surface area contributed by atoms with Crippen LogP contribution in [-0.4, -0.2) is 36.6 Å². The molecule has 7 aromatic carbocycles. The lowest BCUT2D eigenvalue weighted by Crippen LogP contribution is -2.41. The third-order valence-corrected chi connectivity index (χ3v) is 24.1. The van der Waals surface area contributed by atoms with Crippen molar-refractivity contribution in [2.24, 2.45) is 5.92 Å². The van der Waals surface area contributed by atoms with Crippen molar-refractivity contribution in [1.29, 1.82) is 0 Å². The molecule has 0 unspecified atom stereocenters. The highest BCUT2D eigenvalue weighted by molar-refractivity contribution is 9.10. The van der Waals surface area contributed by atoms with E-state index in [2.05, 4.69) is 243 Å². The Kier molecular flexibility index (Phi) is 28.8. The molecule has 3 aliphatic rings. The second kappa shape index (κ2) is 36.3. The van der Waals surface area contributed by atoms with E-state index in [0.717, 1.165) is 63.0 Å². The van der Waals surface area contributed by atoms with Crippen LogP contribution in [0, 0.1) is 12.5 Å². The van der Waals surface area contributed by atoms with E-state index in [0.29, 0.717) is 5.92 Å². The van der Waals surface area contributed by atoms with Crippen LogP contribution < -0.4 is 10.9 Å². The van der Waals surface area contributed by atoms with Crippen molar-refractivity contribution >= 4 is 84.3 Å². The molecular weight excluding hydrogens is 1340 g/mol. The van der Waals surface area contributed by atoms with Crippen LogP contribution in [0.15, 0.2) is 118 Å². The molecule has 2 aliphatic heterocycles. The molecule has 1 aliphatic carbocycles. The van der Waals surface area contributed by atoms with Gasteiger partial charge in [0.1, 0.15) is 0 Å². The zero-order valence-electron chi connectivity index (χ0n) is 63.9. The third-order valence-electron chi connectivity index (χ3n) is 23.1. The van der Waals surface area contributed by atoms with Gasteiger partial charge in [0.2, 0.25) is 0 Å². The Morgan fingerprint density at radius 3 is 1.05 bits per heavy atom. The number of benzene rings is 7. The number of aryl methyl sites for hydroxylation is 4. The molecule has 0 atom stereocenters. The highest BCUT2D eigenvalue weighted by Gasteiger charge is 2.55. The first-order valence-electron chi connectivity index (χ1n) is 39.6. The summed E-state index contributed by atoms with van der Waals surface area (Å²) in [7, 11) is -0.954. The molecule has 2 fully saturated rings. The summed E-state index contributed by atoms with van der Waals surface area (Å²) in [5.74, 6) is 0.649. The second-order valence-corrected chi connectivity index (χ2v) is 33.8. The van der Waals surface area contributed by atoms with E-state index in [-0.39, 0.29) is 0 Å². The van der Waals surface area contributed by atoms with Crippen LogP contribution in [0.4, 0.5) is 5.69 Å². The topological polar surface area (TPSA) is 41.3 Å². The number of fused-ring (bicyclic) bond motifs is 6. The summed E-state index contributed by atoms with van der Waals surface area (Å²) in [5, 5.41) is 4.75. The van der Waals surface area contributed by atoms with E-state index in [4.69, 9.17) is 25.2 Å². The molecule has 532 valence electrons. The predicted octanol–water partition coefficient (Wildman–Crippen LogP) is 26.3. The first-order valence-corrected chi connectivity index (χ1v) is 41.1. The second-order valence-electron chi connectivity index (χ2n) is 31.9. The Bertz CT molecular complexity index is 3560. The van der Waals surface area contributed by atoms with Crippen molar-refractivity contribution in [3.63, 3.8) is 0 Å². The van der Waals surface area contributed by atoms with Crippen LogP contribution in [0.3, 0.4) is 0 Å². The van der Waals surface area contributed by atoms with Crippen LogP contribution in [-0.2, 0) is 56.1 Å². The zero-order chi connectivity index (χ0) is 71.0. The standard InChI is InChI=1S/C61H88B2O4.C29H35Br2N/c1-13-17-21-25-29-45-37-46(30-26-22-18-14-2)40-49(39-45)61(50-41-47(31-27-23-19-15-3)38-48(42-50)32-28-24-20-16-4)55-43-51(62-64-57(5,6)58(7,8)65-62)33-35-53(55)54-36-34-52(44-56(54)61)63-66-59(9,10)60(11,12)67-63;1-4-6-8-10-12-21(13-11-9-7-5-2)18-27-26-19-22(30)14-16-24(26)25-17-15-23(31)20-28(25)29(27)32-3/h33-44H,13-32H2,1-12H3;14-17,19-21H,4-13,18H2,1-2H3. The van der Waals surface area contributed by atoms with Gasteiger partial charge in [-0.2, -0.15) is 0 Å². The quantitative estimate of drug-likeness (QED) is 0.0170. The maximum absolute atomic E-state index is 8.09. The summed E-state index contributed by atoms with van der Waals surface area (Å²) in [6, 6.07) is 42.8. The van der Waals surface area contributed by atoms with Crippen LogP contribution >= 0.6 is 31.9 Å². The minimum atomic E-state index is -0.626. The largest absolute Gasteiger partial charge is 0.494 e. The first kappa shape index (κ1) is 78.6. The van der Waals surface area contributed by atoms with Gasteiger partial charge in [-0.25, -0.2) is 4.85 Å². The van der Waals surface area contributed by atoms with E-state index in [1.807, 2.05) is 0 Å². The molecular formula is C90H123B2Br2NO4.